The van der Waals surface area contributed by atoms with E-state index in [1.54, 1.807) is 0 Å². The first-order valence-electron chi connectivity index (χ1n) is 22.5. The lowest BCUT2D eigenvalue weighted by molar-refractivity contribution is -0.150. The Balaban J connectivity index is 4.77. The number of unbranched alkanes of at least 4 members (excludes halogenated alkanes) is 18. The molecule has 6 heteroatoms. The molecule has 0 aliphatic carbocycles. The van der Waals surface area contributed by atoms with E-state index in [0.717, 1.165) is 70.6 Å². The van der Waals surface area contributed by atoms with Crippen LogP contribution in [0.5, 0.6) is 0 Å². The maximum atomic E-state index is 13.1. The van der Waals surface area contributed by atoms with E-state index in [9.17, 15) is 19.8 Å². The Kier molecular flexibility index (Phi) is 39.8. The number of esters is 1. The van der Waals surface area contributed by atoms with Crippen molar-refractivity contribution in [3.05, 3.63) is 60.8 Å². The van der Waals surface area contributed by atoms with Gasteiger partial charge in [-0.15, -0.1) is 0 Å². The number of carbonyl (C=O) groups is 2. The van der Waals surface area contributed by atoms with Gasteiger partial charge in [-0.05, 0) is 44.9 Å². The highest BCUT2D eigenvalue weighted by Gasteiger charge is 2.23. The topological polar surface area (TPSA) is 95.9 Å². The second kappa shape index (κ2) is 41.7. The molecule has 0 heterocycles. The maximum absolute atomic E-state index is 13.1. The molecule has 1 amide bonds. The minimum Gasteiger partial charge on any atom is -0.461 e. The molecule has 0 radical (unpaired) electrons. The molecule has 0 aromatic heterocycles. The molecule has 0 bridgehead atoms. The van der Waals surface area contributed by atoms with Crippen LogP contribution in [0.3, 0.4) is 0 Å². The van der Waals surface area contributed by atoms with Crippen LogP contribution in [0.15, 0.2) is 60.8 Å². The first-order valence-corrected chi connectivity index (χ1v) is 22.5. The van der Waals surface area contributed by atoms with Crippen molar-refractivity contribution in [3.63, 3.8) is 0 Å². The van der Waals surface area contributed by atoms with Crippen LogP contribution in [0.1, 0.15) is 207 Å². The lowest BCUT2D eigenvalue weighted by Gasteiger charge is -2.24. The van der Waals surface area contributed by atoms with Crippen molar-refractivity contribution >= 4 is 11.9 Å². The average Bonchev–Trinajstić information content (AvgIpc) is 3.16. The van der Waals surface area contributed by atoms with E-state index in [-0.39, 0.29) is 24.9 Å². The van der Waals surface area contributed by atoms with Crippen molar-refractivity contribution in [1.29, 1.82) is 0 Å². The van der Waals surface area contributed by atoms with Crippen molar-refractivity contribution in [1.82, 2.24) is 5.32 Å². The summed E-state index contributed by atoms with van der Waals surface area (Å²) < 4.78 is 5.83. The second-order valence-corrected chi connectivity index (χ2v) is 15.1. The van der Waals surface area contributed by atoms with Gasteiger partial charge in [0.1, 0.15) is 6.10 Å². The van der Waals surface area contributed by atoms with Crippen LogP contribution < -0.4 is 5.32 Å². The van der Waals surface area contributed by atoms with Crippen LogP contribution in [0.25, 0.3) is 0 Å². The van der Waals surface area contributed by atoms with Gasteiger partial charge in [0.2, 0.25) is 5.91 Å². The molecule has 0 rings (SSSR count). The van der Waals surface area contributed by atoms with Gasteiger partial charge in [-0.25, -0.2) is 0 Å². The van der Waals surface area contributed by atoms with Crippen LogP contribution in [0, 0.1) is 0 Å². The van der Waals surface area contributed by atoms with Gasteiger partial charge in [0.05, 0.1) is 25.2 Å². The average molecular weight is 756 g/mol. The summed E-state index contributed by atoms with van der Waals surface area (Å²) in [5.41, 5.74) is 0. The molecule has 0 aliphatic heterocycles. The van der Waals surface area contributed by atoms with Gasteiger partial charge < -0.3 is 20.3 Å². The third-order valence-corrected chi connectivity index (χ3v) is 9.86. The Hall–Kier alpha value is -2.44. The number of hydrogen-bond donors (Lipinski definition) is 3. The number of allylic oxidation sites excluding steroid dienone is 9. The Morgan fingerprint density at radius 2 is 0.963 bits per heavy atom. The van der Waals surface area contributed by atoms with Gasteiger partial charge in [0, 0.05) is 12.8 Å². The predicted octanol–water partition coefficient (Wildman–Crippen LogP) is 12.9. The van der Waals surface area contributed by atoms with E-state index in [1.165, 1.54) is 89.9 Å². The number of ether oxygens (including phenoxy) is 1. The normalized spacial score (nSPS) is 13.9. The molecule has 3 N–H and O–H groups in total. The quantitative estimate of drug-likeness (QED) is 0.0330. The fraction of sp³-hybridized carbons (Fsp3) is 0.750. The molecule has 6 nitrogen and oxygen atoms in total. The zero-order chi connectivity index (χ0) is 39.6. The Labute approximate surface area is 333 Å². The van der Waals surface area contributed by atoms with Crippen LogP contribution in [-0.2, 0) is 14.3 Å². The molecule has 0 aromatic carbocycles. The lowest BCUT2D eigenvalue weighted by atomic mass is 10.0. The summed E-state index contributed by atoms with van der Waals surface area (Å²) in [5.74, 6) is -0.584. The molecule has 0 fully saturated rings. The highest BCUT2D eigenvalue weighted by Crippen LogP contribution is 2.16. The molecule has 0 aliphatic rings. The molecule has 0 spiro atoms. The first-order chi connectivity index (χ1) is 26.5. The van der Waals surface area contributed by atoms with Gasteiger partial charge in [-0.2, -0.15) is 0 Å². The second-order valence-electron chi connectivity index (χ2n) is 15.1. The molecule has 0 aromatic rings. The van der Waals surface area contributed by atoms with E-state index in [2.05, 4.69) is 74.7 Å². The zero-order valence-corrected chi connectivity index (χ0v) is 35.3. The molecule has 54 heavy (non-hydrogen) atoms. The van der Waals surface area contributed by atoms with Crippen LogP contribution >= 0.6 is 0 Å². The summed E-state index contributed by atoms with van der Waals surface area (Å²) in [6.07, 6.45) is 50.1. The molecule has 3 unspecified atom stereocenters. The summed E-state index contributed by atoms with van der Waals surface area (Å²) in [6, 6.07) is -0.729. The maximum Gasteiger partial charge on any atom is 0.306 e. The van der Waals surface area contributed by atoms with E-state index < -0.39 is 18.2 Å². The molecule has 0 saturated carbocycles. The Bertz CT molecular complexity index is 984. The van der Waals surface area contributed by atoms with E-state index >= 15 is 0 Å². The van der Waals surface area contributed by atoms with Crippen LogP contribution in [-0.4, -0.2) is 46.9 Å². The smallest absolute Gasteiger partial charge is 0.306 e. The number of aliphatic hydroxyl groups excluding tert-OH is 2. The minimum absolute atomic E-state index is 0.000438. The third kappa shape index (κ3) is 36.5. The highest BCUT2D eigenvalue weighted by atomic mass is 16.5. The van der Waals surface area contributed by atoms with Crippen LogP contribution in [0.2, 0.25) is 0 Å². The largest absolute Gasteiger partial charge is 0.461 e. The van der Waals surface area contributed by atoms with Crippen molar-refractivity contribution in [2.24, 2.45) is 0 Å². The molecular formula is C48H85NO5. The number of amides is 1. The number of aliphatic hydroxyl groups is 2. The summed E-state index contributed by atoms with van der Waals surface area (Å²) in [7, 11) is 0. The minimum atomic E-state index is -0.809. The monoisotopic (exact) mass is 756 g/mol. The molecular weight excluding hydrogens is 671 g/mol. The number of carbonyl (C=O) groups excluding carboxylic acids is 2. The van der Waals surface area contributed by atoms with Gasteiger partial charge in [-0.3, -0.25) is 9.59 Å². The van der Waals surface area contributed by atoms with E-state index in [4.69, 9.17) is 4.74 Å². The molecule has 0 saturated heterocycles. The van der Waals surface area contributed by atoms with Crippen LogP contribution in [0.4, 0.5) is 0 Å². The lowest BCUT2D eigenvalue weighted by Crippen LogP contribution is -2.46. The van der Waals surface area contributed by atoms with Crippen molar-refractivity contribution in [2.75, 3.05) is 6.61 Å². The highest BCUT2D eigenvalue weighted by molar-refractivity contribution is 5.77. The standard InChI is InChI=1S/C48H85NO5/c1-4-7-10-13-16-19-22-23-24-25-26-27-30-33-36-39-44(54-48(53)41-38-35-32-29-21-18-15-12-9-6-3)42-47(52)49-45(43-50)46(51)40-37-34-31-28-20-17-14-11-8-5-2/h7,10,16,19,23-24,26-27,33,36,44-46,50-51H,4-6,8-9,11-15,17-18,20-22,25,28-32,34-35,37-43H2,1-3H3,(H,49,52)/b10-7-,19-16-,24-23-,27-26-,36-33-. The third-order valence-electron chi connectivity index (χ3n) is 9.86. The first kappa shape index (κ1) is 51.6. The fourth-order valence-electron chi connectivity index (χ4n) is 6.45. The fourth-order valence-corrected chi connectivity index (χ4v) is 6.45. The summed E-state index contributed by atoms with van der Waals surface area (Å²) in [6.45, 7) is 6.29. The zero-order valence-electron chi connectivity index (χ0n) is 35.3. The van der Waals surface area contributed by atoms with Gasteiger partial charge in [-0.1, -0.05) is 204 Å². The van der Waals surface area contributed by atoms with Gasteiger partial charge in [0.15, 0.2) is 0 Å². The van der Waals surface area contributed by atoms with E-state index in [1.807, 2.05) is 12.2 Å². The van der Waals surface area contributed by atoms with Gasteiger partial charge >= 0.3 is 5.97 Å². The number of hydrogen-bond acceptors (Lipinski definition) is 5. The molecule has 3 atom stereocenters. The van der Waals surface area contributed by atoms with Crippen molar-refractivity contribution < 1.29 is 24.5 Å². The number of nitrogens with one attached hydrogen (secondary N) is 1. The van der Waals surface area contributed by atoms with Crippen molar-refractivity contribution in [3.8, 4) is 0 Å². The summed E-state index contributed by atoms with van der Waals surface area (Å²) in [5, 5.41) is 23.5. The predicted molar refractivity (Wildman–Crippen MR) is 232 cm³/mol. The Morgan fingerprint density at radius 1 is 0.556 bits per heavy atom. The summed E-state index contributed by atoms with van der Waals surface area (Å²) in [4.78, 5) is 25.9. The van der Waals surface area contributed by atoms with E-state index in [0.29, 0.717) is 19.3 Å². The van der Waals surface area contributed by atoms with Crippen molar-refractivity contribution in [2.45, 2.75) is 225 Å². The number of rotatable bonds is 39. The van der Waals surface area contributed by atoms with Gasteiger partial charge in [0.25, 0.3) is 0 Å². The Morgan fingerprint density at radius 3 is 1.41 bits per heavy atom. The molecule has 312 valence electrons. The SMILES string of the molecule is CC/C=C\C/C=C\C/C=C\C/C=C\C/C=C\CC(CC(=O)NC(CO)C(O)CCCCCCCCCCCC)OC(=O)CCCCCCCCCCCC. The summed E-state index contributed by atoms with van der Waals surface area (Å²) >= 11 is 0.